The lowest BCUT2D eigenvalue weighted by molar-refractivity contribution is 0.0473. The number of carbonyl (C=O) groups excluding carboxylic acids is 3. The molecule has 1 N–H and O–H groups in total. The van der Waals surface area contributed by atoms with Gasteiger partial charge in [-0.05, 0) is 62.8 Å². The van der Waals surface area contributed by atoms with Crippen molar-refractivity contribution in [3.8, 4) is 0 Å². The van der Waals surface area contributed by atoms with Crippen LogP contribution < -0.4 is 0 Å². The molecule has 1 aliphatic heterocycles. The number of ketones is 2. The predicted molar refractivity (Wildman–Crippen MR) is 123 cm³/mol. The number of nitrogens with zero attached hydrogens (tertiary/aromatic N) is 1. The largest absolute Gasteiger partial charge is 0.454 e. The number of aromatic nitrogens is 1. The van der Waals surface area contributed by atoms with E-state index in [1.165, 1.54) is 35.5 Å². The quantitative estimate of drug-likeness (QED) is 0.485. The number of hydrogen-bond acceptors (Lipinski definition) is 6. The lowest BCUT2D eigenvalue weighted by Crippen LogP contribution is -2.42. The lowest BCUT2D eigenvalue weighted by Gasteiger charge is -2.34. The van der Waals surface area contributed by atoms with Gasteiger partial charge in [-0.25, -0.2) is 13.2 Å². The Hall–Kier alpha value is -2.78. The minimum absolute atomic E-state index is 0.0199. The van der Waals surface area contributed by atoms with Crippen molar-refractivity contribution in [2.24, 2.45) is 11.8 Å². The number of Topliss-reactive ketones (excluding diaryl/α,β-unsaturated/α-hetero) is 2. The van der Waals surface area contributed by atoms with Gasteiger partial charge in [-0.1, -0.05) is 19.9 Å². The number of piperidine rings is 1. The van der Waals surface area contributed by atoms with Crippen LogP contribution in [0.2, 0.25) is 0 Å². The van der Waals surface area contributed by atoms with Gasteiger partial charge >= 0.3 is 5.97 Å². The molecule has 8 nitrogen and oxygen atoms in total. The molecule has 1 saturated heterocycles. The third-order valence-electron chi connectivity index (χ3n) is 5.95. The molecule has 1 aromatic heterocycles. The van der Waals surface area contributed by atoms with Crippen LogP contribution >= 0.6 is 0 Å². The molecule has 0 bridgehead atoms. The summed E-state index contributed by atoms with van der Waals surface area (Å²) >= 11 is 0. The number of aryl methyl sites for hydroxylation is 1. The van der Waals surface area contributed by atoms with E-state index < -0.39 is 28.4 Å². The van der Waals surface area contributed by atoms with Gasteiger partial charge in [0.1, 0.15) is 0 Å². The zero-order valence-corrected chi connectivity index (χ0v) is 20.4. The molecule has 0 spiro atoms. The fourth-order valence-electron chi connectivity index (χ4n) is 4.58. The molecule has 0 saturated carbocycles. The minimum Gasteiger partial charge on any atom is -0.454 e. The highest BCUT2D eigenvalue weighted by Crippen LogP contribution is 2.27. The van der Waals surface area contributed by atoms with E-state index in [2.05, 4.69) is 4.98 Å². The van der Waals surface area contributed by atoms with Crippen molar-refractivity contribution < 1.29 is 27.5 Å². The Bertz CT molecular complexity index is 1190. The molecule has 2 heterocycles. The first-order chi connectivity index (χ1) is 15.4. The fourth-order valence-corrected chi connectivity index (χ4v) is 6.30. The molecule has 3 rings (SSSR count). The molecular weight excluding hydrogens is 444 g/mol. The summed E-state index contributed by atoms with van der Waals surface area (Å²) in [5.74, 6) is -0.921. The Morgan fingerprint density at radius 1 is 1.12 bits per heavy atom. The summed E-state index contributed by atoms with van der Waals surface area (Å²) in [6, 6.07) is 5.67. The molecule has 33 heavy (non-hydrogen) atoms. The summed E-state index contributed by atoms with van der Waals surface area (Å²) in [6.45, 7) is 9.17. The summed E-state index contributed by atoms with van der Waals surface area (Å²) in [5.41, 5.74) is 1.80. The van der Waals surface area contributed by atoms with Gasteiger partial charge in [-0.15, -0.1) is 0 Å². The van der Waals surface area contributed by atoms with Crippen LogP contribution in [-0.4, -0.2) is 54.9 Å². The molecule has 2 aromatic rings. The molecule has 0 aliphatic carbocycles. The van der Waals surface area contributed by atoms with Crippen molar-refractivity contribution in [3.63, 3.8) is 0 Å². The number of hydrogen-bond donors (Lipinski definition) is 1. The van der Waals surface area contributed by atoms with Crippen LogP contribution in [0.5, 0.6) is 0 Å². The summed E-state index contributed by atoms with van der Waals surface area (Å²) in [4.78, 5) is 39.8. The first kappa shape index (κ1) is 24.9. The van der Waals surface area contributed by atoms with E-state index in [9.17, 15) is 22.8 Å². The van der Waals surface area contributed by atoms with Crippen molar-refractivity contribution >= 4 is 27.6 Å². The van der Waals surface area contributed by atoms with Gasteiger partial charge in [-0.2, -0.15) is 4.31 Å². The Morgan fingerprint density at radius 3 is 2.33 bits per heavy atom. The number of rotatable bonds is 7. The number of H-pyrrole nitrogens is 1. The number of ether oxygens (including phenoxy) is 1. The number of esters is 1. The first-order valence-electron chi connectivity index (χ1n) is 10.9. The highest BCUT2D eigenvalue weighted by Gasteiger charge is 2.32. The normalized spacial score (nSPS) is 19.3. The van der Waals surface area contributed by atoms with Crippen LogP contribution in [0, 0.1) is 25.7 Å². The summed E-state index contributed by atoms with van der Waals surface area (Å²) in [7, 11) is -3.75. The second kappa shape index (κ2) is 9.61. The van der Waals surface area contributed by atoms with E-state index in [0.29, 0.717) is 29.9 Å². The second-order valence-corrected chi connectivity index (χ2v) is 10.9. The molecule has 1 aromatic carbocycles. The van der Waals surface area contributed by atoms with Crippen molar-refractivity contribution in [1.82, 2.24) is 9.29 Å². The smallest absolute Gasteiger partial charge is 0.338 e. The van der Waals surface area contributed by atoms with Crippen molar-refractivity contribution in [3.05, 3.63) is 52.3 Å². The van der Waals surface area contributed by atoms with Crippen molar-refractivity contribution in [2.75, 3.05) is 19.7 Å². The van der Waals surface area contributed by atoms with Gasteiger partial charge in [0.05, 0.1) is 16.2 Å². The molecule has 9 heteroatoms. The lowest BCUT2D eigenvalue weighted by atomic mass is 9.94. The van der Waals surface area contributed by atoms with Gasteiger partial charge in [0, 0.05) is 24.3 Å². The van der Waals surface area contributed by atoms with E-state index in [0.717, 1.165) is 6.42 Å². The van der Waals surface area contributed by atoms with Crippen molar-refractivity contribution in [1.29, 1.82) is 0 Å². The monoisotopic (exact) mass is 474 g/mol. The van der Waals surface area contributed by atoms with Gasteiger partial charge in [-0.3, -0.25) is 9.59 Å². The molecular formula is C24H30N2O6S. The Balaban J connectivity index is 1.73. The van der Waals surface area contributed by atoms with E-state index in [-0.39, 0.29) is 33.8 Å². The zero-order valence-electron chi connectivity index (χ0n) is 19.6. The van der Waals surface area contributed by atoms with Crippen LogP contribution in [0.4, 0.5) is 0 Å². The molecule has 0 radical (unpaired) electrons. The zero-order chi connectivity index (χ0) is 24.5. The maximum Gasteiger partial charge on any atom is 0.338 e. The second-order valence-electron chi connectivity index (χ2n) is 8.98. The van der Waals surface area contributed by atoms with E-state index in [4.69, 9.17) is 4.74 Å². The SMILES string of the molecule is CC(=O)c1c(C)[nH]c(C(=O)COC(=O)c2cccc(S(=O)(=O)N3CC(C)CC(C)C3)c2)c1C. The highest BCUT2D eigenvalue weighted by molar-refractivity contribution is 7.89. The Morgan fingerprint density at radius 2 is 1.76 bits per heavy atom. The molecule has 1 fully saturated rings. The summed E-state index contributed by atoms with van der Waals surface area (Å²) < 4.78 is 32.9. The van der Waals surface area contributed by atoms with Crippen LogP contribution in [0.15, 0.2) is 29.2 Å². The minimum atomic E-state index is -3.75. The van der Waals surface area contributed by atoms with Gasteiger partial charge < -0.3 is 9.72 Å². The van der Waals surface area contributed by atoms with Crippen LogP contribution in [0.1, 0.15) is 69.7 Å². The average molecular weight is 475 g/mol. The summed E-state index contributed by atoms with van der Waals surface area (Å²) in [5, 5.41) is 0. The first-order valence-corrected chi connectivity index (χ1v) is 12.4. The number of nitrogens with one attached hydrogen (secondary N) is 1. The van der Waals surface area contributed by atoms with Crippen LogP contribution in [0.3, 0.4) is 0 Å². The Labute approximate surface area is 194 Å². The molecule has 1 aliphatic rings. The topological polar surface area (TPSA) is 114 Å². The van der Waals surface area contributed by atoms with Gasteiger partial charge in [0.2, 0.25) is 15.8 Å². The van der Waals surface area contributed by atoms with Crippen LogP contribution in [0.25, 0.3) is 0 Å². The fraction of sp³-hybridized carbons (Fsp3) is 0.458. The Kier molecular flexibility index (Phi) is 7.23. The molecule has 2 atom stereocenters. The molecule has 2 unspecified atom stereocenters. The van der Waals surface area contributed by atoms with Crippen LogP contribution in [-0.2, 0) is 14.8 Å². The maximum absolute atomic E-state index is 13.1. The number of benzene rings is 1. The third kappa shape index (κ3) is 5.25. The van der Waals surface area contributed by atoms with E-state index >= 15 is 0 Å². The van der Waals surface area contributed by atoms with Gasteiger partial charge in [0.15, 0.2) is 12.4 Å². The summed E-state index contributed by atoms with van der Waals surface area (Å²) in [6.07, 6.45) is 0.972. The van der Waals surface area contributed by atoms with E-state index in [1.54, 1.807) is 13.8 Å². The maximum atomic E-state index is 13.1. The number of sulfonamides is 1. The number of carbonyl (C=O) groups is 3. The van der Waals surface area contributed by atoms with E-state index in [1.807, 2.05) is 13.8 Å². The highest BCUT2D eigenvalue weighted by atomic mass is 32.2. The molecule has 0 amide bonds. The average Bonchev–Trinajstić information content (AvgIpc) is 3.05. The van der Waals surface area contributed by atoms with Crippen molar-refractivity contribution in [2.45, 2.75) is 45.9 Å². The molecule has 178 valence electrons. The third-order valence-corrected chi connectivity index (χ3v) is 7.77. The number of aromatic amines is 1. The predicted octanol–water partition coefficient (Wildman–Crippen LogP) is 3.54. The van der Waals surface area contributed by atoms with Gasteiger partial charge in [0.25, 0.3) is 0 Å². The standard InChI is InChI=1S/C24H30N2O6S/c1-14-9-15(2)12-26(11-14)33(30,31)20-8-6-7-19(10-20)24(29)32-13-21(28)23-16(3)22(18(5)27)17(4)25-23/h6-8,10,14-15,25H,9,11-13H2,1-5H3.